The minimum Gasteiger partial charge on any atom is -0.393 e. The lowest BCUT2D eigenvalue weighted by Crippen LogP contribution is -2.40. The average Bonchev–Trinajstić information content (AvgIpc) is 2.39. The van der Waals surface area contributed by atoms with E-state index in [0.717, 1.165) is 0 Å². The van der Waals surface area contributed by atoms with Crippen molar-refractivity contribution in [1.29, 1.82) is 0 Å². The molecule has 1 saturated heterocycles. The summed E-state index contributed by atoms with van der Waals surface area (Å²) >= 11 is 0. The molecule has 0 unspecified atom stereocenters. The number of hydrogen-bond acceptors (Lipinski definition) is 4. The normalized spacial score (nSPS) is 16.9. The molecule has 1 amide bonds. The first-order chi connectivity index (χ1) is 8.20. The van der Waals surface area contributed by atoms with Crippen molar-refractivity contribution < 1.29 is 14.7 Å². The van der Waals surface area contributed by atoms with E-state index in [1.165, 1.54) is 12.3 Å². The Labute approximate surface area is 99.1 Å². The maximum atomic E-state index is 12.0. The van der Waals surface area contributed by atoms with Crippen LogP contribution in [0.2, 0.25) is 0 Å². The van der Waals surface area contributed by atoms with Crippen LogP contribution in [-0.4, -0.2) is 46.4 Å². The van der Waals surface area contributed by atoms with E-state index >= 15 is 0 Å². The van der Waals surface area contributed by atoms with Crippen LogP contribution in [0.4, 0.5) is 0 Å². The van der Waals surface area contributed by atoms with Crippen LogP contribution in [0.3, 0.4) is 0 Å². The van der Waals surface area contributed by atoms with Crippen molar-refractivity contribution in [2.75, 3.05) is 13.1 Å². The van der Waals surface area contributed by atoms with Crippen LogP contribution in [0, 0.1) is 0 Å². The van der Waals surface area contributed by atoms with Crippen molar-refractivity contribution in [2.45, 2.75) is 18.9 Å². The Morgan fingerprint density at radius 2 is 2.12 bits per heavy atom. The quantitative estimate of drug-likeness (QED) is 0.756. The number of likely N-dealkylation sites (tertiary alicyclic amines) is 1. The molecule has 1 aromatic rings. The van der Waals surface area contributed by atoms with Crippen LogP contribution in [0.15, 0.2) is 18.3 Å². The number of carbonyl (C=O) groups is 2. The lowest BCUT2D eigenvalue weighted by atomic mass is 10.1. The van der Waals surface area contributed by atoms with E-state index in [4.69, 9.17) is 0 Å². The highest BCUT2D eigenvalue weighted by Gasteiger charge is 2.22. The van der Waals surface area contributed by atoms with E-state index in [0.29, 0.717) is 43.5 Å². The minimum absolute atomic E-state index is 0.0955. The number of nitrogens with zero attached hydrogens (tertiary/aromatic N) is 2. The molecule has 0 saturated carbocycles. The molecular formula is C12H14N2O3. The molecule has 5 heteroatoms. The van der Waals surface area contributed by atoms with Gasteiger partial charge in [-0.1, -0.05) is 0 Å². The third kappa shape index (κ3) is 2.68. The molecule has 0 aromatic carbocycles. The van der Waals surface area contributed by atoms with Crippen LogP contribution in [0.25, 0.3) is 0 Å². The van der Waals surface area contributed by atoms with Crippen molar-refractivity contribution in [3.63, 3.8) is 0 Å². The fourth-order valence-corrected chi connectivity index (χ4v) is 1.85. The van der Waals surface area contributed by atoms with Crippen molar-refractivity contribution in [2.24, 2.45) is 0 Å². The summed E-state index contributed by atoms with van der Waals surface area (Å²) in [5.74, 6) is -0.0955. The third-order valence-electron chi connectivity index (χ3n) is 2.91. The molecule has 0 radical (unpaired) electrons. The highest BCUT2D eigenvalue weighted by atomic mass is 16.3. The molecule has 1 N–H and O–H groups in total. The highest BCUT2D eigenvalue weighted by molar-refractivity contribution is 5.94. The van der Waals surface area contributed by atoms with Gasteiger partial charge in [0.2, 0.25) is 0 Å². The number of aromatic nitrogens is 1. The van der Waals surface area contributed by atoms with E-state index < -0.39 is 0 Å². The van der Waals surface area contributed by atoms with E-state index in [2.05, 4.69) is 4.98 Å². The molecule has 0 aliphatic carbocycles. The zero-order chi connectivity index (χ0) is 12.3. The van der Waals surface area contributed by atoms with E-state index in [-0.39, 0.29) is 12.0 Å². The summed E-state index contributed by atoms with van der Waals surface area (Å²) in [6.45, 7) is 1.13. The molecule has 17 heavy (non-hydrogen) atoms. The van der Waals surface area contributed by atoms with Gasteiger partial charge >= 0.3 is 0 Å². The summed E-state index contributed by atoms with van der Waals surface area (Å²) in [6, 6.07) is 3.13. The van der Waals surface area contributed by atoms with Crippen molar-refractivity contribution in [3.05, 3.63) is 29.6 Å². The first-order valence-corrected chi connectivity index (χ1v) is 5.59. The first kappa shape index (κ1) is 11.7. The lowest BCUT2D eigenvalue weighted by molar-refractivity contribution is 0.0546. The second kappa shape index (κ2) is 5.05. The van der Waals surface area contributed by atoms with Gasteiger partial charge in [-0.05, 0) is 25.0 Å². The molecule has 2 rings (SSSR count). The zero-order valence-corrected chi connectivity index (χ0v) is 9.37. The molecule has 2 heterocycles. The molecule has 0 bridgehead atoms. The fourth-order valence-electron chi connectivity index (χ4n) is 1.85. The summed E-state index contributed by atoms with van der Waals surface area (Å²) in [5, 5.41) is 9.36. The Bertz CT molecular complexity index is 408. The Morgan fingerprint density at radius 3 is 2.65 bits per heavy atom. The zero-order valence-electron chi connectivity index (χ0n) is 9.37. The Morgan fingerprint density at radius 1 is 1.41 bits per heavy atom. The van der Waals surface area contributed by atoms with Gasteiger partial charge in [0.25, 0.3) is 5.91 Å². The summed E-state index contributed by atoms with van der Waals surface area (Å²) in [6.07, 6.45) is 2.99. The van der Waals surface area contributed by atoms with Crippen molar-refractivity contribution in [3.8, 4) is 0 Å². The molecule has 5 nitrogen and oxygen atoms in total. The van der Waals surface area contributed by atoms with E-state index in [9.17, 15) is 14.7 Å². The van der Waals surface area contributed by atoms with Gasteiger partial charge in [0, 0.05) is 19.3 Å². The van der Waals surface area contributed by atoms with Gasteiger partial charge in [0.15, 0.2) is 6.29 Å². The van der Waals surface area contributed by atoms with Gasteiger partial charge < -0.3 is 10.0 Å². The van der Waals surface area contributed by atoms with E-state index in [1.807, 2.05) is 0 Å². The number of aldehydes is 1. The largest absolute Gasteiger partial charge is 0.393 e. The Balaban J connectivity index is 2.06. The lowest BCUT2D eigenvalue weighted by Gasteiger charge is -2.29. The summed E-state index contributed by atoms with van der Waals surface area (Å²) in [7, 11) is 0. The molecule has 1 fully saturated rings. The van der Waals surface area contributed by atoms with Crippen molar-refractivity contribution in [1.82, 2.24) is 9.88 Å². The molecular weight excluding hydrogens is 220 g/mol. The number of aliphatic hydroxyl groups excluding tert-OH is 1. The molecule has 0 spiro atoms. The van der Waals surface area contributed by atoms with Crippen LogP contribution in [0.5, 0.6) is 0 Å². The Hall–Kier alpha value is -1.75. The number of amides is 1. The Kier molecular flexibility index (Phi) is 3.49. The van der Waals surface area contributed by atoms with Crippen LogP contribution in [-0.2, 0) is 0 Å². The first-order valence-electron chi connectivity index (χ1n) is 5.59. The van der Waals surface area contributed by atoms with Gasteiger partial charge in [0.1, 0.15) is 5.69 Å². The third-order valence-corrected chi connectivity index (χ3v) is 2.91. The predicted octanol–water partition coefficient (Wildman–Crippen LogP) is 0.491. The van der Waals surface area contributed by atoms with Gasteiger partial charge in [-0.2, -0.15) is 0 Å². The molecule has 90 valence electrons. The predicted molar refractivity (Wildman–Crippen MR) is 60.8 cm³/mol. The van der Waals surface area contributed by atoms with Gasteiger partial charge in [0.05, 0.1) is 11.7 Å². The van der Waals surface area contributed by atoms with Gasteiger partial charge in [-0.25, -0.2) is 0 Å². The average molecular weight is 234 g/mol. The maximum Gasteiger partial charge on any atom is 0.255 e. The monoisotopic (exact) mass is 234 g/mol. The van der Waals surface area contributed by atoms with Gasteiger partial charge in [-0.15, -0.1) is 0 Å². The summed E-state index contributed by atoms with van der Waals surface area (Å²) in [5.41, 5.74) is 0.794. The minimum atomic E-state index is -0.297. The maximum absolute atomic E-state index is 12.0. The summed E-state index contributed by atoms with van der Waals surface area (Å²) < 4.78 is 0. The fraction of sp³-hybridized carbons (Fsp3) is 0.417. The number of rotatable bonds is 2. The standard InChI is InChI=1S/C12H14N2O3/c15-8-10-2-1-9(7-13-10)12(17)14-5-3-11(16)4-6-14/h1-2,7-8,11,16H,3-6H2. The SMILES string of the molecule is O=Cc1ccc(C(=O)N2CCC(O)CC2)cn1. The van der Waals surface area contributed by atoms with Crippen LogP contribution >= 0.6 is 0 Å². The topological polar surface area (TPSA) is 70.5 Å². The molecule has 0 atom stereocenters. The summed E-state index contributed by atoms with van der Waals surface area (Å²) in [4.78, 5) is 28.0. The number of piperidine rings is 1. The number of pyridine rings is 1. The van der Waals surface area contributed by atoms with E-state index in [1.54, 1.807) is 11.0 Å². The highest BCUT2D eigenvalue weighted by Crippen LogP contribution is 2.13. The number of carbonyl (C=O) groups excluding carboxylic acids is 2. The second-order valence-electron chi connectivity index (χ2n) is 4.11. The van der Waals surface area contributed by atoms with Crippen LogP contribution < -0.4 is 0 Å². The number of aliphatic hydroxyl groups is 1. The molecule has 1 aliphatic heterocycles. The number of hydrogen-bond donors (Lipinski definition) is 1. The molecule has 1 aromatic heterocycles. The second-order valence-corrected chi connectivity index (χ2v) is 4.11. The van der Waals surface area contributed by atoms with Crippen molar-refractivity contribution >= 4 is 12.2 Å². The smallest absolute Gasteiger partial charge is 0.255 e. The van der Waals surface area contributed by atoms with Gasteiger partial charge in [-0.3, -0.25) is 14.6 Å². The van der Waals surface area contributed by atoms with Crippen LogP contribution in [0.1, 0.15) is 33.7 Å². The molecule has 1 aliphatic rings.